The lowest BCUT2D eigenvalue weighted by molar-refractivity contribution is 0.456. The zero-order valence-corrected chi connectivity index (χ0v) is 9.84. The van der Waals surface area contributed by atoms with Crippen LogP contribution in [0.1, 0.15) is 26.2 Å². The summed E-state index contributed by atoms with van der Waals surface area (Å²) in [5.74, 6) is 1.44. The lowest BCUT2D eigenvalue weighted by Gasteiger charge is -2.31. The topological polar surface area (TPSA) is 55.0 Å². The van der Waals surface area contributed by atoms with Gasteiger partial charge in [-0.1, -0.05) is 6.42 Å². The van der Waals surface area contributed by atoms with Gasteiger partial charge in [-0.05, 0) is 38.3 Å². The Morgan fingerprint density at radius 3 is 2.75 bits per heavy atom. The van der Waals surface area contributed by atoms with Crippen LogP contribution in [0.25, 0.3) is 0 Å². The maximum atomic E-state index is 5.83. The molecule has 2 unspecified atom stereocenters. The van der Waals surface area contributed by atoms with Gasteiger partial charge in [-0.3, -0.25) is 0 Å². The minimum Gasteiger partial charge on any atom is -0.338 e. The van der Waals surface area contributed by atoms with Gasteiger partial charge in [0.2, 0.25) is 5.95 Å². The van der Waals surface area contributed by atoms with E-state index in [1.54, 1.807) is 12.4 Å². The lowest BCUT2D eigenvalue weighted by Crippen LogP contribution is -2.41. The normalized spacial score (nSPS) is 24.6. The third-order valence-electron chi connectivity index (χ3n) is 3.47. The highest BCUT2D eigenvalue weighted by Crippen LogP contribution is 2.30. The second kappa shape index (κ2) is 5.25. The molecule has 2 rings (SSSR count). The van der Waals surface area contributed by atoms with Gasteiger partial charge in [-0.15, -0.1) is 0 Å². The van der Waals surface area contributed by atoms with Gasteiger partial charge in [0.05, 0.1) is 0 Å². The molecule has 0 aromatic carbocycles. The molecule has 0 bridgehead atoms. The summed E-state index contributed by atoms with van der Waals surface area (Å²) in [6.45, 7) is 3.88. The molecule has 16 heavy (non-hydrogen) atoms. The number of anilines is 1. The Bertz CT molecular complexity index is 314. The molecule has 0 spiro atoms. The molecule has 1 fully saturated rings. The number of rotatable bonds is 4. The van der Waals surface area contributed by atoms with E-state index in [0.29, 0.717) is 12.0 Å². The molecule has 2 N–H and O–H groups in total. The van der Waals surface area contributed by atoms with Crippen molar-refractivity contribution in [3.63, 3.8) is 0 Å². The van der Waals surface area contributed by atoms with Crippen molar-refractivity contribution in [1.29, 1.82) is 0 Å². The Hall–Kier alpha value is -1.16. The molecule has 2 atom stereocenters. The van der Waals surface area contributed by atoms with Gasteiger partial charge >= 0.3 is 0 Å². The second-order valence-electron chi connectivity index (χ2n) is 4.33. The SMILES string of the molecule is CCN(c1ncccn1)C1CCCC1CN. The summed E-state index contributed by atoms with van der Waals surface area (Å²) < 4.78 is 0. The first-order valence-corrected chi connectivity index (χ1v) is 6.10. The van der Waals surface area contributed by atoms with Gasteiger partial charge in [0.25, 0.3) is 0 Å². The number of hydrogen-bond acceptors (Lipinski definition) is 4. The standard InChI is InChI=1S/C12H20N4/c1-2-16(12-14-7-4-8-15-12)11-6-3-5-10(11)9-13/h4,7-8,10-11H,2-3,5-6,9,13H2,1H3. The molecule has 1 aromatic rings. The fourth-order valence-electron chi connectivity index (χ4n) is 2.67. The highest BCUT2D eigenvalue weighted by atomic mass is 15.3. The minimum atomic E-state index is 0.525. The fraction of sp³-hybridized carbons (Fsp3) is 0.667. The summed E-state index contributed by atoms with van der Waals surface area (Å²) in [6, 6.07) is 2.38. The Kier molecular flexibility index (Phi) is 3.72. The zero-order valence-electron chi connectivity index (χ0n) is 9.84. The number of aromatic nitrogens is 2. The van der Waals surface area contributed by atoms with Gasteiger partial charge in [0.15, 0.2) is 0 Å². The van der Waals surface area contributed by atoms with E-state index in [1.165, 1.54) is 19.3 Å². The van der Waals surface area contributed by atoms with Crippen molar-refractivity contribution in [3.8, 4) is 0 Å². The smallest absolute Gasteiger partial charge is 0.225 e. The summed E-state index contributed by atoms with van der Waals surface area (Å²) in [5, 5.41) is 0. The van der Waals surface area contributed by atoms with E-state index in [-0.39, 0.29) is 0 Å². The molecule has 1 aromatic heterocycles. The molecule has 88 valence electrons. The van der Waals surface area contributed by atoms with Crippen LogP contribution in [0.15, 0.2) is 18.5 Å². The minimum absolute atomic E-state index is 0.525. The molecule has 0 amide bonds. The van der Waals surface area contributed by atoms with Gasteiger partial charge in [0, 0.05) is 25.0 Å². The molecular formula is C12H20N4. The van der Waals surface area contributed by atoms with Crippen molar-refractivity contribution in [2.24, 2.45) is 11.7 Å². The first-order chi connectivity index (χ1) is 7.86. The monoisotopic (exact) mass is 220 g/mol. The van der Waals surface area contributed by atoms with Crippen LogP contribution in [-0.4, -0.2) is 29.1 Å². The maximum absolute atomic E-state index is 5.83. The van der Waals surface area contributed by atoms with E-state index < -0.39 is 0 Å². The first-order valence-electron chi connectivity index (χ1n) is 6.10. The molecular weight excluding hydrogens is 200 g/mol. The summed E-state index contributed by atoms with van der Waals surface area (Å²) in [5.41, 5.74) is 5.83. The number of nitrogens with zero attached hydrogens (tertiary/aromatic N) is 3. The van der Waals surface area contributed by atoms with Crippen LogP contribution in [0.4, 0.5) is 5.95 Å². The van der Waals surface area contributed by atoms with Gasteiger partial charge in [-0.25, -0.2) is 9.97 Å². The van der Waals surface area contributed by atoms with Crippen molar-refractivity contribution >= 4 is 5.95 Å². The zero-order chi connectivity index (χ0) is 11.4. The summed E-state index contributed by atoms with van der Waals surface area (Å²) in [7, 11) is 0. The van der Waals surface area contributed by atoms with Crippen molar-refractivity contribution in [3.05, 3.63) is 18.5 Å². The van der Waals surface area contributed by atoms with E-state index in [2.05, 4.69) is 21.8 Å². The first kappa shape index (κ1) is 11.3. The Balaban J connectivity index is 2.16. The van der Waals surface area contributed by atoms with Gasteiger partial charge in [-0.2, -0.15) is 0 Å². The predicted octanol–water partition coefficient (Wildman–Crippen LogP) is 1.43. The van der Waals surface area contributed by atoms with Crippen LogP contribution in [0.5, 0.6) is 0 Å². The molecule has 4 heteroatoms. The maximum Gasteiger partial charge on any atom is 0.225 e. The second-order valence-corrected chi connectivity index (χ2v) is 4.33. The fourth-order valence-corrected chi connectivity index (χ4v) is 2.67. The van der Waals surface area contributed by atoms with Crippen LogP contribution in [0.3, 0.4) is 0 Å². The van der Waals surface area contributed by atoms with Crippen molar-refractivity contribution in [2.75, 3.05) is 18.0 Å². The van der Waals surface area contributed by atoms with Crippen molar-refractivity contribution < 1.29 is 0 Å². The summed E-state index contributed by atoms with van der Waals surface area (Å²) in [6.07, 6.45) is 7.34. The largest absolute Gasteiger partial charge is 0.338 e. The molecule has 1 saturated carbocycles. The van der Waals surface area contributed by atoms with E-state index in [0.717, 1.165) is 19.0 Å². The number of hydrogen-bond donors (Lipinski definition) is 1. The van der Waals surface area contributed by atoms with Crippen molar-refractivity contribution in [2.45, 2.75) is 32.2 Å². The molecule has 0 saturated heterocycles. The lowest BCUT2D eigenvalue weighted by atomic mass is 10.0. The predicted molar refractivity (Wildman–Crippen MR) is 65.2 cm³/mol. The van der Waals surface area contributed by atoms with E-state index in [4.69, 9.17) is 5.73 Å². The van der Waals surface area contributed by atoms with E-state index >= 15 is 0 Å². The number of nitrogens with two attached hydrogens (primary N) is 1. The van der Waals surface area contributed by atoms with Crippen LogP contribution in [0.2, 0.25) is 0 Å². The van der Waals surface area contributed by atoms with E-state index in [9.17, 15) is 0 Å². The molecule has 0 radical (unpaired) electrons. The average molecular weight is 220 g/mol. The summed E-state index contributed by atoms with van der Waals surface area (Å²) >= 11 is 0. The average Bonchev–Trinajstić information content (AvgIpc) is 2.80. The van der Waals surface area contributed by atoms with Gasteiger partial charge < -0.3 is 10.6 Å². The Labute approximate surface area is 96.9 Å². The van der Waals surface area contributed by atoms with Crippen LogP contribution < -0.4 is 10.6 Å². The highest BCUT2D eigenvalue weighted by molar-refractivity contribution is 5.31. The van der Waals surface area contributed by atoms with Crippen LogP contribution >= 0.6 is 0 Å². The molecule has 1 heterocycles. The third-order valence-corrected chi connectivity index (χ3v) is 3.47. The Morgan fingerprint density at radius 1 is 1.38 bits per heavy atom. The van der Waals surface area contributed by atoms with Crippen LogP contribution in [-0.2, 0) is 0 Å². The van der Waals surface area contributed by atoms with E-state index in [1.807, 2.05) is 6.07 Å². The Morgan fingerprint density at radius 2 is 2.12 bits per heavy atom. The quantitative estimate of drug-likeness (QED) is 0.834. The molecule has 1 aliphatic rings. The molecule has 4 nitrogen and oxygen atoms in total. The highest BCUT2D eigenvalue weighted by Gasteiger charge is 2.31. The molecule has 1 aliphatic carbocycles. The third kappa shape index (κ3) is 2.16. The van der Waals surface area contributed by atoms with Crippen molar-refractivity contribution in [1.82, 2.24) is 9.97 Å². The van der Waals surface area contributed by atoms with Crippen LogP contribution in [0, 0.1) is 5.92 Å². The molecule has 0 aliphatic heterocycles. The summed E-state index contributed by atoms with van der Waals surface area (Å²) in [4.78, 5) is 11.0. The van der Waals surface area contributed by atoms with Gasteiger partial charge in [0.1, 0.15) is 0 Å².